The van der Waals surface area contributed by atoms with Crippen molar-refractivity contribution < 1.29 is 9.59 Å². The number of hydrogen-bond donors (Lipinski definition) is 1. The summed E-state index contributed by atoms with van der Waals surface area (Å²) >= 11 is 0. The maximum absolute atomic E-state index is 12.3. The normalized spacial score (nSPS) is 47.4. The fraction of sp³-hybridized carbons (Fsp3) is 0.500. The first-order valence-electron chi connectivity index (χ1n) is 6.32. The van der Waals surface area contributed by atoms with Gasteiger partial charge in [-0.2, -0.15) is 5.26 Å². The van der Waals surface area contributed by atoms with Gasteiger partial charge in [-0.3, -0.25) is 14.9 Å². The van der Waals surface area contributed by atoms with E-state index in [1.54, 1.807) is 0 Å². The summed E-state index contributed by atoms with van der Waals surface area (Å²) in [4.78, 5) is 24.6. The number of carbonyl (C=O) groups excluding carboxylic acids is 2. The number of nitriles is 1. The fourth-order valence-electron chi connectivity index (χ4n) is 4.73. The first kappa shape index (κ1) is 10.1. The Labute approximate surface area is 104 Å². The molecule has 2 unspecified atom stereocenters. The third kappa shape index (κ3) is 0.609. The molecule has 1 saturated carbocycles. The summed E-state index contributed by atoms with van der Waals surface area (Å²) < 4.78 is 0. The van der Waals surface area contributed by atoms with Gasteiger partial charge in [0.2, 0.25) is 11.8 Å². The second kappa shape index (κ2) is 2.59. The van der Waals surface area contributed by atoms with E-state index in [1.807, 2.05) is 18.2 Å². The van der Waals surface area contributed by atoms with E-state index in [0.717, 1.165) is 18.4 Å². The highest BCUT2D eigenvalue weighted by Gasteiger charge is 2.86. The van der Waals surface area contributed by atoms with Gasteiger partial charge in [-0.15, -0.1) is 0 Å². The second-order valence-electron chi connectivity index (χ2n) is 5.63. The predicted molar refractivity (Wildman–Crippen MR) is 61.8 cm³/mol. The van der Waals surface area contributed by atoms with E-state index in [4.69, 9.17) is 0 Å². The van der Waals surface area contributed by atoms with Crippen molar-refractivity contribution in [2.75, 3.05) is 0 Å². The van der Waals surface area contributed by atoms with E-state index in [-0.39, 0.29) is 11.8 Å². The van der Waals surface area contributed by atoms with Crippen molar-refractivity contribution in [3.05, 3.63) is 23.8 Å². The van der Waals surface area contributed by atoms with Crippen LogP contribution in [0, 0.1) is 27.6 Å². The molecule has 3 atom stereocenters. The van der Waals surface area contributed by atoms with Crippen molar-refractivity contribution in [2.24, 2.45) is 16.2 Å². The number of hydrogen-bond acceptors (Lipinski definition) is 3. The van der Waals surface area contributed by atoms with Crippen LogP contribution in [0.25, 0.3) is 0 Å². The Balaban J connectivity index is 2.08. The van der Waals surface area contributed by atoms with Gasteiger partial charge in [-0.05, 0) is 31.3 Å². The minimum atomic E-state index is -0.919. The molecule has 4 rings (SSSR count). The molecule has 2 spiro atoms. The standard InChI is InChI=1S/C14H12N2O2/c15-8-12-5-3-7-14(12)11(18)16-10(17)13(14)6-2-1-4-9(12)13/h3-4,7H,1-2,5-6H2,(H,16,17,18)/t12?,13?,14-/m0/s1. The molecule has 4 heteroatoms. The van der Waals surface area contributed by atoms with E-state index in [0.29, 0.717) is 12.8 Å². The van der Waals surface area contributed by atoms with Crippen molar-refractivity contribution in [2.45, 2.75) is 25.7 Å². The second-order valence-corrected chi connectivity index (χ2v) is 5.63. The maximum Gasteiger partial charge on any atom is 0.240 e. The number of carbonyl (C=O) groups is 2. The van der Waals surface area contributed by atoms with Crippen molar-refractivity contribution in [1.82, 2.24) is 5.32 Å². The number of fused-ring (bicyclic) bond motifs is 1. The smallest absolute Gasteiger partial charge is 0.240 e. The van der Waals surface area contributed by atoms with Gasteiger partial charge in [0.25, 0.3) is 0 Å². The molecule has 1 saturated heterocycles. The molecule has 1 heterocycles. The molecule has 0 radical (unpaired) electrons. The molecule has 90 valence electrons. The van der Waals surface area contributed by atoms with Crippen LogP contribution in [-0.2, 0) is 9.59 Å². The summed E-state index contributed by atoms with van der Waals surface area (Å²) in [5, 5.41) is 12.1. The Morgan fingerprint density at radius 2 is 2.17 bits per heavy atom. The van der Waals surface area contributed by atoms with Gasteiger partial charge in [-0.25, -0.2) is 0 Å². The molecular weight excluding hydrogens is 228 g/mol. The number of allylic oxidation sites excluding steroid dienone is 2. The Morgan fingerprint density at radius 3 is 2.94 bits per heavy atom. The highest BCUT2D eigenvalue weighted by molar-refractivity contribution is 6.17. The lowest BCUT2D eigenvalue weighted by atomic mass is 9.34. The Morgan fingerprint density at radius 1 is 1.33 bits per heavy atom. The van der Waals surface area contributed by atoms with Crippen LogP contribution in [0.1, 0.15) is 25.7 Å². The molecule has 3 aliphatic carbocycles. The van der Waals surface area contributed by atoms with Gasteiger partial charge < -0.3 is 0 Å². The van der Waals surface area contributed by atoms with Crippen LogP contribution in [0.5, 0.6) is 0 Å². The van der Waals surface area contributed by atoms with Gasteiger partial charge in [0, 0.05) is 0 Å². The molecular formula is C14H12N2O2. The molecule has 0 aromatic heterocycles. The highest BCUT2D eigenvalue weighted by Crippen LogP contribution is 2.80. The van der Waals surface area contributed by atoms with Crippen LogP contribution >= 0.6 is 0 Å². The number of nitrogens with one attached hydrogen (secondary N) is 1. The van der Waals surface area contributed by atoms with E-state index >= 15 is 0 Å². The Kier molecular flexibility index (Phi) is 1.45. The minimum Gasteiger partial charge on any atom is -0.295 e. The molecule has 0 aromatic rings. The molecule has 4 nitrogen and oxygen atoms in total. The summed E-state index contributed by atoms with van der Waals surface area (Å²) in [5.41, 5.74) is -1.55. The first-order chi connectivity index (χ1) is 8.66. The average Bonchev–Trinajstić information content (AvgIpc) is 2.79. The summed E-state index contributed by atoms with van der Waals surface area (Å²) in [5.74, 6) is -0.474. The Hall–Kier alpha value is -1.89. The SMILES string of the molecule is N#CC12CC=C[C@]13C(=O)NC(=O)C31CCCC=C21. The topological polar surface area (TPSA) is 70.0 Å². The zero-order chi connectivity index (χ0) is 12.6. The van der Waals surface area contributed by atoms with E-state index in [2.05, 4.69) is 11.4 Å². The van der Waals surface area contributed by atoms with Crippen LogP contribution in [0.4, 0.5) is 0 Å². The monoisotopic (exact) mass is 240 g/mol. The quantitative estimate of drug-likeness (QED) is 0.511. The lowest BCUT2D eigenvalue weighted by molar-refractivity contribution is -0.148. The van der Waals surface area contributed by atoms with Crippen LogP contribution in [0.3, 0.4) is 0 Å². The number of imide groups is 1. The lowest BCUT2D eigenvalue weighted by Gasteiger charge is -2.62. The largest absolute Gasteiger partial charge is 0.295 e. The molecule has 1 N–H and O–H groups in total. The number of amides is 2. The number of rotatable bonds is 0. The third-order valence-electron chi connectivity index (χ3n) is 5.33. The zero-order valence-corrected chi connectivity index (χ0v) is 9.82. The molecule has 18 heavy (non-hydrogen) atoms. The zero-order valence-electron chi connectivity index (χ0n) is 9.82. The van der Waals surface area contributed by atoms with Crippen LogP contribution in [0.15, 0.2) is 23.8 Å². The molecule has 0 bridgehead atoms. The fourth-order valence-corrected chi connectivity index (χ4v) is 4.73. The lowest BCUT2D eigenvalue weighted by Crippen LogP contribution is -2.67. The van der Waals surface area contributed by atoms with Crippen LogP contribution in [0.2, 0.25) is 0 Å². The third-order valence-corrected chi connectivity index (χ3v) is 5.33. The van der Waals surface area contributed by atoms with Gasteiger partial charge in [0.1, 0.15) is 10.8 Å². The van der Waals surface area contributed by atoms with Gasteiger partial charge in [-0.1, -0.05) is 18.2 Å². The summed E-state index contributed by atoms with van der Waals surface area (Å²) in [6.07, 6.45) is 8.78. The van der Waals surface area contributed by atoms with Crippen molar-refractivity contribution in [3.63, 3.8) is 0 Å². The average molecular weight is 240 g/mol. The van der Waals surface area contributed by atoms with Crippen LogP contribution in [-0.4, -0.2) is 11.8 Å². The summed E-state index contributed by atoms with van der Waals surface area (Å²) in [6.45, 7) is 0. The molecule has 2 fully saturated rings. The molecule has 2 amide bonds. The molecule has 0 aromatic carbocycles. The van der Waals surface area contributed by atoms with Crippen molar-refractivity contribution >= 4 is 11.8 Å². The Bertz CT molecular complexity index is 612. The van der Waals surface area contributed by atoms with E-state index < -0.39 is 16.2 Å². The minimum absolute atomic E-state index is 0.198. The molecule has 4 aliphatic rings. The van der Waals surface area contributed by atoms with Crippen LogP contribution < -0.4 is 5.32 Å². The van der Waals surface area contributed by atoms with Crippen molar-refractivity contribution in [3.8, 4) is 6.07 Å². The van der Waals surface area contributed by atoms with Gasteiger partial charge in [0.05, 0.1) is 11.5 Å². The van der Waals surface area contributed by atoms with E-state index in [9.17, 15) is 14.9 Å². The number of nitrogens with zero attached hydrogens (tertiary/aromatic N) is 1. The van der Waals surface area contributed by atoms with Gasteiger partial charge >= 0.3 is 0 Å². The summed E-state index contributed by atoms with van der Waals surface area (Å²) in [7, 11) is 0. The maximum atomic E-state index is 12.3. The first-order valence-corrected chi connectivity index (χ1v) is 6.32. The highest BCUT2D eigenvalue weighted by atomic mass is 16.2. The van der Waals surface area contributed by atoms with Crippen molar-refractivity contribution in [1.29, 1.82) is 5.26 Å². The van der Waals surface area contributed by atoms with E-state index in [1.165, 1.54) is 0 Å². The summed E-state index contributed by atoms with van der Waals surface area (Å²) in [6, 6.07) is 2.34. The predicted octanol–water partition coefficient (Wildman–Crippen LogP) is 1.21. The van der Waals surface area contributed by atoms with Gasteiger partial charge in [0.15, 0.2) is 0 Å². The molecule has 1 aliphatic heterocycles.